The second-order valence-corrected chi connectivity index (χ2v) is 8.80. The number of methoxy groups -OCH3 is 1. The molecule has 2 aliphatic heterocycles. The average Bonchev–Trinajstić information content (AvgIpc) is 3.04. The van der Waals surface area contributed by atoms with E-state index in [2.05, 4.69) is 32.0 Å². The number of fused-ring (bicyclic) bond motifs is 2. The fourth-order valence-electron chi connectivity index (χ4n) is 4.62. The van der Waals surface area contributed by atoms with Crippen molar-refractivity contribution in [3.8, 4) is 5.75 Å². The summed E-state index contributed by atoms with van der Waals surface area (Å²) in [6, 6.07) is 14.3. The third kappa shape index (κ3) is 3.82. The minimum atomic E-state index is -0.773. The van der Waals surface area contributed by atoms with Crippen LogP contribution in [-0.2, 0) is 26.4 Å². The molecule has 0 saturated carbocycles. The highest BCUT2D eigenvalue weighted by atomic mass is 16.8. The third-order valence-electron chi connectivity index (χ3n) is 6.58. The molecule has 2 heterocycles. The molecule has 2 aliphatic rings. The second-order valence-electron chi connectivity index (χ2n) is 8.80. The van der Waals surface area contributed by atoms with Gasteiger partial charge in [0.15, 0.2) is 5.79 Å². The third-order valence-corrected chi connectivity index (χ3v) is 6.58. The van der Waals surface area contributed by atoms with Gasteiger partial charge in [-0.25, -0.2) is 0 Å². The van der Waals surface area contributed by atoms with Crippen LogP contribution in [0.3, 0.4) is 0 Å². The summed E-state index contributed by atoms with van der Waals surface area (Å²) in [5.74, 6) is 0.451. The Morgan fingerprint density at radius 3 is 2.57 bits per heavy atom. The topological polar surface area (TPSA) is 62.9 Å². The van der Waals surface area contributed by atoms with E-state index in [9.17, 15) is 0 Å². The van der Waals surface area contributed by atoms with E-state index in [-0.39, 0.29) is 11.7 Å². The number of nitrogen functional groups attached to an aromatic ring is 1. The normalized spacial score (nSPS) is 28.1. The zero-order chi connectivity index (χ0) is 21.4. The van der Waals surface area contributed by atoms with Crippen molar-refractivity contribution in [3.05, 3.63) is 59.2 Å². The fraction of sp³-hybridized carbons (Fsp3) is 0.520. The van der Waals surface area contributed by atoms with Gasteiger partial charge in [0, 0.05) is 31.2 Å². The van der Waals surface area contributed by atoms with Gasteiger partial charge in [0.25, 0.3) is 0 Å². The summed E-state index contributed by atoms with van der Waals surface area (Å²) in [7, 11) is 1.78. The highest BCUT2D eigenvalue weighted by Crippen LogP contribution is 2.52. The van der Waals surface area contributed by atoms with Crippen LogP contribution in [0.4, 0.5) is 5.69 Å². The Morgan fingerprint density at radius 2 is 1.90 bits per heavy atom. The van der Waals surface area contributed by atoms with Crippen LogP contribution in [0.5, 0.6) is 5.75 Å². The Bertz CT molecular complexity index is 881. The molecule has 0 unspecified atom stereocenters. The Labute approximate surface area is 179 Å². The first-order valence-electron chi connectivity index (χ1n) is 10.9. The summed E-state index contributed by atoms with van der Waals surface area (Å²) in [6.07, 6.45) is 2.39. The maximum atomic E-state index is 6.68. The predicted octanol–water partition coefficient (Wildman–Crippen LogP) is 4.66. The monoisotopic (exact) mass is 411 g/mol. The Kier molecular flexibility index (Phi) is 5.80. The van der Waals surface area contributed by atoms with Crippen molar-refractivity contribution in [3.63, 3.8) is 0 Å². The number of hydrogen-bond acceptors (Lipinski definition) is 5. The van der Waals surface area contributed by atoms with Gasteiger partial charge in [-0.15, -0.1) is 0 Å². The van der Waals surface area contributed by atoms with Crippen LogP contribution in [0.1, 0.15) is 50.3 Å². The van der Waals surface area contributed by atoms with Crippen LogP contribution >= 0.6 is 0 Å². The Hall–Kier alpha value is -2.08. The fourth-order valence-corrected chi connectivity index (χ4v) is 4.62. The van der Waals surface area contributed by atoms with Gasteiger partial charge in [-0.3, -0.25) is 0 Å². The molecule has 4 rings (SSSR count). The summed E-state index contributed by atoms with van der Waals surface area (Å²) in [5, 5.41) is 0. The lowest BCUT2D eigenvalue weighted by molar-refractivity contribution is -0.253. The van der Waals surface area contributed by atoms with Crippen molar-refractivity contribution in [2.75, 3.05) is 26.1 Å². The molecule has 2 fully saturated rings. The molecule has 5 heteroatoms. The molecule has 30 heavy (non-hydrogen) atoms. The number of rotatable bonds is 7. The van der Waals surface area contributed by atoms with E-state index in [1.54, 1.807) is 7.11 Å². The zero-order valence-corrected chi connectivity index (χ0v) is 18.4. The van der Waals surface area contributed by atoms with Crippen molar-refractivity contribution >= 4 is 5.69 Å². The van der Waals surface area contributed by atoms with Crippen LogP contribution in [0, 0.1) is 5.92 Å². The largest absolute Gasteiger partial charge is 0.494 e. The summed E-state index contributed by atoms with van der Waals surface area (Å²) >= 11 is 0. The van der Waals surface area contributed by atoms with Gasteiger partial charge in [0.05, 0.1) is 19.3 Å². The maximum absolute atomic E-state index is 6.68. The van der Waals surface area contributed by atoms with Crippen LogP contribution < -0.4 is 10.5 Å². The molecule has 0 aromatic heterocycles. The molecule has 2 N–H and O–H groups in total. The lowest BCUT2D eigenvalue weighted by Crippen LogP contribution is -2.49. The smallest absolute Gasteiger partial charge is 0.198 e. The van der Waals surface area contributed by atoms with Gasteiger partial charge in [0.2, 0.25) is 0 Å². The minimum Gasteiger partial charge on any atom is -0.494 e. The SMILES string of the molecule is CCOc1ccc(Cc2cc([C@]34C[C@@H](OC)C[C@](C(C)C)(CO3)O4)ccc2N)cc1. The van der Waals surface area contributed by atoms with E-state index in [1.165, 1.54) is 5.56 Å². The molecule has 2 saturated heterocycles. The highest BCUT2D eigenvalue weighted by Gasteiger charge is 2.58. The van der Waals surface area contributed by atoms with Crippen LogP contribution in [-0.4, -0.2) is 32.0 Å². The number of benzene rings is 2. The van der Waals surface area contributed by atoms with Crippen molar-refractivity contribution in [2.45, 2.75) is 57.5 Å². The average molecular weight is 412 g/mol. The summed E-state index contributed by atoms with van der Waals surface area (Å²) < 4.78 is 24.4. The van der Waals surface area contributed by atoms with E-state index < -0.39 is 5.79 Å². The molecule has 0 aliphatic carbocycles. The standard InChI is InChI=1S/C25H33NO4/c1-5-28-21-9-6-18(7-10-21)12-19-13-20(8-11-23(19)26)25-15-22(27-4)14-24(30-25,16-29-25)17(2)3/h6-11,13,17,22H,5,12,14-16,26H2,1-4H3/t22-,24+,25+/m0/s1. The molecular weight excluding hydrogens is 378 g/mol. The Morgan fingerprint density at radius 1 is 1.13 bits per heavy atom. The first-order chi connectivity index (χ1) is 14.4. The van der Waals surface area contributed by atoms with E-state index in [0.29, 0.717) is 25.6 Å². The number of ether oxygens (including phenoxy) is 4. The van der Waals surface area contributed by atoms with Gasteiger partial charge in [0.1, 0.15) is 11.4 Å². The van der Waals surface area contributed by atoms with Gasteiger partial charge in [-0.2, -0.15) is 0 Å². The van der Waals surface area contributed by atoms with Gasteiger partial charge < -0.3 is 24.7 Å². The van der Waals surface area contributed by atoms with E-state index in [0.717, 1.165) is 35.4 Å². The molecule has 2 aromatic rings. The quantitative estimate of drug-likeness (QED) is 0.671. The molecule has 162 valence electrons. The van der Waals surface area contributed by atoms with Crippen molar-refractivity contribution in [2.24, 2.45) is 5.92 Å². The first-order valence-corrected chi connectivity index (χ1v) is 10.9. The summed E-state index contributed by atoms with van der Waals surface area (Å²) in [6.45, 7) is 7.62. The van der Waals surface area contributed by atoms with Crippen LogP contribution in [0.2, 0.25) is 0 Å². The van der Waals surface area contributed by atoms with Gasteiger partial charge in [-0.1, -0.05) is 32.0 Å². The molecule has 3 atom stereocenters. The molecule has 0 amide bonds. The number of nitrogens with two attached hydrogens (primary N) is 1. The predicted molar refractivity (Wildman–Crippen MR) is 118 cm³/mol. The van der Waals surface area contributed by atoms with E-state index >= 15 is 0 Å². The van der Waals surface area contributed by atoms with Gasteiger partial charge in [-0.05, 0) is 54.7 Å². The maximum Gasteiger partial charge on any atom is 0.198 e. The van der Waals surface area contributed by atoms with Gasteiger partial charge >= 0.3 is 0 Å². The highest BCUT2D eigenvalue weighted by molar-refractivity contribution is 5.52. The van der Waals surface area contributed by atoms with Crippen molar-refractivity contribution in [1.82, 2.24) is 0 Å². The van der Waals surface area contributed by atoms with Crippen LogP contribution in [0.15, 0.2) is 42.5 Å². The van der Waals surface area contributed by atoms with Crippen LogP contribution in [0.25, 0.3) is 0 Å². The van der Waals surface area contributed by atoms with E-state index in [1.807, 2.05) is 31.2 Å². The molecule has 5 nitrogen and oxygen atoms in total. The van der Waals surface area contributed by atoms with E-state index in [4.69, 9.17) is 24.7 Å². The first kappa shape index (κ1) is 21.2. The molecule has 0 radical (unpaired) electrons. The molecule has 2 bridgehead atoms. The zero-order valence-electron chi connectivity index (χ0n) is 18.4. The number of anilines is 1. The molecular formula is C25H33NO4. The summed E-state index contributed by atoms with van der Waals surface area (Å²) in [5.41, 5.74) is 10.1. The van der Waals surface area contributed by atoms with Crippen molar-refractivity contribution < 1.29 is 18.9 Å². The van der Waals surface area contributed by atoms with Crippen molar-refractivity contribution in [1.29, 1.82) is 0 Å². The number of hydrogen-bond donors (Lipinski definition) is 1. The lowest BCUT2D eigenvalue weighted by atomic mass is 9.81. The lowest BCUT2D eigenvalue weighted by Gasteiger charge is -2.43. The summed E-state index contributed by atoms with van der Waals surface area (Å²) in [4.78, 5) is 0. The minimum absolute atomic E-state index is 0.107. The molecule has 0 spiro atoms. The second kappa shape index (κ2) is 8.22. The Balaban J connectivity index is 1.62. The molecule has 2 aromatic carbocycles.